The third-order valence-electron chi connectivity index (χ3n) is 3.01. The number of alkyl halides is 1. The van der Waals surface area contributed by atoms with Crippen LogP contribution in [0.3, 0.4) is 0 Å². The number of halogens is 1. The van der Waals surface area contributed by atoms with Gasteiger partial charge in [0.25, 0.3) is 0 Å². The molecule has 118 valence electrons. The van der Waals surface area contributed by atoms with Crippen molar-refractivity contribution < 1.29 is 14.3 Å². The summed E-state index contributed by atoms with van der Waals surface area (Å²) in [5, 5.41) is 3.66. The monoisotopic (exact) mass is 357 g/mol. The van der Waals surface area contributed by atoms with E-state index in [2.05, 4.69) is 28.2 Å². The van der Waals surface area contributed by atoms with Crippen molar-refractivity contribution in [2.75, 3.05) is 23.9 Å². The van der Waals surface area contributed by atoms with Crippen molar-refractivity contribution in [3.63, 3.8) is 0 Å². The van der Waals surface area contributed by atoms with Crippen molar-refractivity contribution in [3.8, 4) is 5.75 Å². The van der Waals surface area contributed by atoms with Gasteiger partial charge in [-0.15, -0.1) is 0 Å². The summed E-state index contributed by atoms with van der Waals surface area (Å²) < 4.78 is 11.0. The molecule has 1 atom stereocenters. The molecule has 0 saturated carbocycles. The van der Waals surface area contributed by atoms with Crippen molar-refractivity contribution in [2.45, 2.75) is 39.2 Å². The van der Waals surface area contributed by atoms with E-state index in [1.165, 1.54) is 0 Å². The minimum Gasteiger partial charge on any atom is -0.493 e. The summed E-state index contributed by atoms with van der Waals surface area (Å²) in [5.41, 5.74) is 0.786. The molecule has 1 N–H and O–H groups in total. The maximum absolute atomic E-state index is 11.8. The zero-order chi connectivity index (χ0) is 15.5. The summed E-state index contributed by atoms with van der Waals surface area (Å²) in [6.45, 7) is 5.38. The molecule has 21 heavy (non-hydrogen) atoms. The van der Waals surface area contributed by atoms with Gasteiger partial charge in [0.15, 0.2) is 0 Å². The number of hydrogen-bond acceptors (Lipinski definition) is 3. The van der Waals surface area contributed by atoms with Gasteiger partial charge in [0.05, 0.1) is 12.7 Å². The zero-order valence-electron chi connectivity index (χ0n) is 12.7. The first kappa shape index (κ1) is 18.0. The van der Waals surface area contributed by atoms with Gasteiger partial charge in [-0.2, -0.15) is 0 Å². The fourth-order valence-corrected chi connectivity index (χ4v) is 1.81. The molecule has 4 nitrogen and oxygen atoms in total. The lowest BCUT2D eigenvalue weighted by molar-refractivity contribution is -0.116. The Labute approximate surface area is 135 Å². The van der Waals surface area contributed by atoms with E-state index in [1.807, 2.05) is 31.2 Å². The van der Waals surface area contributed by atoms with E-state index < -0.39 is 0 Å². The first-order valence-electron chi connectivity index (χ1n) is 7.36. The van der Waals surface area contributed by atoms with Gasteiger partial charge in [0.1, 0.15) is 5.75 Å². The Morgan fingerprint density at radius 1 is 1.29 bits per heavy atom. The topological polar surface area (TPSA) is 47.6 Å². The number of anilines is 1. The van der Waals surface area contributed by atoms with Crippen molar-refractivity contribution in [1.29, 1.82) is 0 Å². The minimum absolute atomic E-state index is 0.0110. The summed E-state index contributed by atoms with van der Waals surface area (Å²) >= 11 is 3.31. The molecule has 1 unspecified atom stereocenters. The van der Waals surface area contributed by atoms with Crippen LogP contribution >= 0.6 is 15.9 Å². The Morgan fingerprint density at radius 2 is 2.00 bits per heavy atom. The van der Waals surface area contributed by atoms with Gasteiger partial charge in [-0.1, -0.05) is 22.9 Å². The van der Waals surface area contributed by atoms with E-state index >= 15 is 0 Å². The molecule has 0 aromatic heterocycles. The molecule has 0 heterocycles. The van der Waals surface area contributed by atoms with Crippen LogP contribution in [0, 0.1) is 0 Å². The average molecular weight is 358 g/mol. The molecule has 5 heteroatoms. The maximum atomic E-state index is 11.8. The average Bonchev–Trinajstić information content (AvgIpc) is 2.50. The molecule has 1 aromatic carbocycles. The molecule has 0 fully saturated rings. The Hall–Kier alpha value is -1.07. The summed E-state index contributed by atoms with van der Waals surface area (Å²) in [7, 11) is 0. The lowest BCUT2D eigenvalue weighted by Gasteiger charge is -2.10. The van der Waals surface area contributed by atoms with Crippen molar-refractivity contribution in [1.82, 2.24) is 0 Å². The predicted molar refractivity (Wildman–Crippen MR) is 89.3 cm³/mol. The van der Waals surface area contributed by atoms with Crippen LogP contribution in [0.4, 0.5) is 5.69 Å². The van der Waals surface area contributed by atoms with Gasteiger partial charge in [-0.05, 0) is 44.0 Å². The summed E-state index contributed by atoms with van der Waals surface area (Å²) in [4.78, 5) is 11.8. The standard InChI is InChI=1S/C16H24BrNO3/c1-3-13(2)20-11-4-5-16(19)18-14-6-8-15(9-7-14)21-12-10-17/h6-9,13H,3-5,10-12H2,1-2H3,(H,18,19). The van der Waals surface area contributed by atoms with Crippen LogP contribution in [-0.4, -0.2) is 30.6 Å². The number of nitrogens with one attached hydrogen (secondary N) is 1. The molecule has 0 radical (unpaired) electrons. The number of amides is 1. The molecule has 0 aliphatic rings. The number of rotatable bonds is 10. The number of benzene rings is 1. The summed E-state index contributed by atoms with van der Waals surface area (Å²) in [5.74, 6) is 0.811. The van der Waals surface area contributed by atoms with E-state index in [-0.39, 0.29) is 12.0 Å². The number of carbonyl (C=O) groups is 1. The van der Waals surface area contributed by atoms with Gasteiger partial charge in [-0.25, -0.2) is 0 Å². The molecule has 0 saturated heterocycles. The molecule has 1 amide bonds. The molecule has 0 aliphatic carbocycles. The third-order valence-corrected chi connectivity index (χ3v) is 3.33. The predicted octanol–water partition coefficient (Wildman–Crippen LogP) is 3.99. The van der Waals surface area contributed by atoms with Gasteiger partial charge < -0.3 is 14.8 Å². The number of hydrogen-bond donors (Lipinski definition) is 1. The van der Waals surface area contributed by atoms with E-state index in [1.54, 1.807) is 0 Å². The quantitative estimate of drug-likeness (QED) is 0.508. The zero-order valence-corrected chi connectivity index (χ0v) is 14.3. The van der Waals surface area contributed by atoms with E-state index in [0.29, 0.717) is 19.6 Å². The lowest BCUT2D eigenvalue weighted by atomic mass is 10.2. The van der Waals surface area contributed by atoms with E-state index in [9.17, 15) is 4.79 Å². The summed E-state index contributed by atoms with van der Waals surface area (Å²) in [6, 6.07) is 7.39. The Morgan fingerprint density at radius 3 is 2.62 bits per heavy atom. The van der Waals surface area contributed by atoms with Crippen LogP contribution in [0.1, 0.15) is 33.1 Å². The van der Waals surface area contributed by atoms with Crippen LogP contribution in [-0.2, 0) is 9.53 Å². The van der Waals surface area contributed by atoms with Crippen LogP contribution < -0.4 is 10.1 Å². The highest BCUT2D eigenvalue weighted by Crippen LogP contribution is 2.16. The van der Waals surface area contributed by atoms with E-state index in [4.69, 9.17) is 9.47 Å². The van der Waals surface area contributed by atoms with Crippen LogP contribution in [0.5, 0.6) is 5.75 Å². The minimum atomic E-state index is 0.0110. The highest BCUT2D eigenvalue weighted by molar-refractivity contribution is 9.09. The normalized spacial score (nSPS) is 12.0. The van der Waals surface area contributed by atoms with Crippen LogP contribution in [0.15, 0.2) is 24.3 Å². The molecule has 1 aromatic rings. The van der Waals surface area contributed by atoms with Crippen LogP contribution in [0.25, 0.3) is 0 Å². The first-order valence-corrected chi connectivity index (χ1v) is 8.48. The van der Waals surface area contributed by atoms with Crippen molar-refractivity contribution in [3.05, 3.63) is 24.3 Å². The van der Waals surface area contributed by atoms with E-state index in [0.717, 1.165) is 29.6 Å². The fourth-order valence-electron chi connectivity index (χ4n) is 1.65. The SMILES string of the molecule is CCC(C)OCCCC(=O)Nc1ccc(OCCBr)cc1. The smallest absolute Gasteiger partial charge is 0.224 e. The largest absolute Gasteiger partial charge is 0.493 e. The van der Waals surface area contributed by atoms with Crippen molar-refractivity contribution in [2.24, 2.45) is 0 Å². The Kier molecular flexibility index (Phi) is 9.10. The van der Waals surface area contributed by atoms with Gasteiger partial charge >= 0.3 is 0 Å². The van der Waals surface area contributed by atoms with Gasteiger partial charge in [0.2, 0.25) is 5.91 Å². The molecule has 0 spiro atoms. The third kappa shape index (κ3) is 8.07. The van der Waals surface area contributed by atoms with Gasteiger partial charge in [0, 0.05) is 24.0 Å². The number of ether oxygens (including phenoxy) is 2. The Balaban J connectivity index is 2.24. The second kappa shape index (κ2) is 10.6. The molecular formula is C16H24BrNO3. The Bertz CT molecular complexity index is 408. The molecule has 0 bridgehead atoms. The maximum Gasteiger partial charge on any atom is 0.224 e. The van der Waals surface area contributed by atoms with Crippen LogP contribution in [0.2, 0.25) is 0 Å². The first-order chi connectivity index (χ1) is 10.2. The lowest BCUT2D eigenvalue weighted by Crippen LogP contribution is -2.14. The molecular weight excluding hydrogens is 334 g/mol. The highest BCUT2D eigenvalue weighted by atomic mass is 79.9. The summed E-state index contributed by atoms with van der Waals surface area (Å²) in [6.07, 6.45) is 2.47. The van der Waals surface area contributed by atoms with Gasteiger partial charge in [-0.3, -0.25) is 4.79 Å². The fraction of sp³-hybridized carbons (Fsp3) is 0.562. The molecule has 0 aliphatic heterocycles. The van der Waals surface area contributed by atoms with Crippen molar-refractivity contribution >= 4 is 27.5 Å². The number of carbonyl (C=O) groups excluding carboxylic acids is 1. The molecule has 1 rings (SSSR count). The second-order valence-electron chi connectivity index (χ2n) is 4.80. The second-order valence-corrected chi connectivity index (χ2v) is 5.60. The highest BCUT2D eigenvalue weighted by Gasteiger charge is 2.04.